The SMILES string of the molecule is CC1=CC[C@@]23CCCC2=C(c2ccccc2)C(=O)[C@@]3(c2ccccc2)[C@H]1C. The largest absolute Gasteiger partial charge is 0.293 e. The molecule has 3 atom stereocenters. The van der Waals surface area contributed by atoms with E-state index in [0.29, 0.717) is 5.78 Å². The fourth-order valence-corrected chi connectivity index (χ4v) is 6.43. The van der Waals surface area contributed by atoms with E-state index < -0.39 is 5.41 Å². The van der Waals surface area contributed by atoms with Crippen molar-refractivity contribution in [2.24, 2.45) is 11.3 Å². The summed E-state index contributed by atoms with van der Waals surface area (Å²) in [5.41, 5.74) is 5.62. The Kier molecular flexibility index (Phi) is 3.59. The Morgan fingerprint density at radius 3 is 2.33 bits per heavy atom. The number of rotatable bonds is 2. The zero-order chi connectivity index (χ0) is 18.6. The third kappa shape index (κ3) is 1.92. The molecule has 27 heavy (non-hydrogen) atoms. The maximum absolute atomic E-state index is 14.3. The number of carbonyl (C=O) groups excluding carboxylic acids is 1. The van der Waals surface area contributed by atoms with Gasteiger partial charge in [-0.3, -0.25) is 4.79 Å². The van der Waals surface area contributed by atoms with Gasteiger partial charge in [-0.25, -0.2) is 0 Å². The summed E-state index contributed by atoms with van der Waals surface area (Å²) in [6.45, 7) is 4.49. The fraction of sp³-hybridized carbons (Fsp3) is 0.346. The van der Waals surface area contributed by atoms with Crippen molar-refractivity contribution in [3.8, 4) is 0 Å². The number of hydrogen-bond donors (Lipinski definition) is 0. The molecule has 1 fully saturated rings. The third-order valence-corrected chi connectivity index (χ3v) is 7.65. The summed E-state index contributed by atoms with van der Waals surface area (Å²) in [6.07, 6.45) is 6.78. The van der Waals surface area contributed by atoms with Gasteiger partial charge in [0.15, 0.2) is 5.78 Å². The quantitative estimate of drug-likeness (QED) is 0.594. The lowest BCUT2D eigenvalue weighted by atomic mass is 9.49. The van der Waals surface area contributed by atoms with E-state index in [1.165, 1.54) is 23.1 Å². The van der Waals surface area contributed by atoms with Crippen LogP contribution in [0.5, 0.6) is 0 Å². The van der Waals surface area contributed by atoms with Gasteiger partial charge in [0.1, 0.15) is 0 Å². The summed E-state index contributed by atoms with van der Waals surface area (Å²) < 4.78 is 0. The highest BCUT2D eigenvalue weighted by Gasteiger charge is 2.68. The molecule has 0 radical (unpaired) electrons. The molecule has 3 aliphatic rings. The fourth-order valence-electron chi connectivity index (χ4n) is 6.43. The van der Waals surface area contributed by atoms with E-state index in [2.05, 4.69) is 74.5 Å². The summed E-state index contributed by atoms with van der Waals surface area (Å²) >= 11 is 0. The highest BCUT2D eigenvalue weighted by atomic mass is 16.1. The molecule has 0 saturated heterocycles. The average molecular weight is 354 g/mol. The number of benzene rings is 2. The second-order valence-corrected chi connectivity index (χ2v) is 8.53. The van der Waals surface area contributed by atoms with Crippen molar-refractivity contribution < 1.29 is 4.79 Å². The van der Waals surface area contributed by atoms with Gasteiger partial charge >= 0.3 is 0 Å². The Labute approximate surface area is 161 Å². The molecule has 2 aromatic carbocycles. The zero-order valence-electron chi connectivity index (χ0n) is 16.2. The molecule has 0 aromatic heterocycles. The maximum Gasteiger partial charge on any atom is 0.175 e. The van der Waals surface area contributed by atoms with Crippen molar-refractivity contribution in [2.75, 3.05) is 0 Å². The van der Waals surface area contributed by atoms with Crippen LogP contribution in [0.2, 0.25) is 0 Å². The van der Waals surface area contributed by atoms with Crippen LogP contribution in [0.4, 0.5) is 0 Å². The van der Waals surface area contributed by atoms with Crippen LogP contribution in [0.1, 0.15) is 50.7 Å². The van der Waals surface area contributed by atoms with E-state index in [-0.39, 0.29) is 11.3 Å². The Bertz CT molecular complexity index is 966. The second kappa shape index (κ2) is 5.79. The van der Waals surface area contributed by atoms with Gasteiger partial charge in [-0.15, -0.1) is 0 Å². The number of ketones is 1. The maximum atomic E-state index is 14.3. The van der Waals surface area contributed by atoms with E-state index in [4.69, 9.17) is 0 Å². The van der Waals surface area contributed by atoms with Crippen LogP contribution in [0, 0.1) is 11.3 Å². The molecule has 0 amide bonds. The first kappa shape index (κ1) is 16.7. The zero-order valence-corrected chi connectivity index (χ0v) is 16.2. The molecule has 1 nitrogen and oxygen atoms in total. The number of Topliss-reactive ketones (excluding diaryl/α,β-unsaturated/α-hetero) is 1. The van der Waals surface area contributed by atoms with E-state index in [0.717, 1.165) is 30.4 Å². The Hall–Kier alpha value is -2.41. The average Bonchev–Trinajstić information content (AvgIpc) is 3.20. The van der Waals surface area contributed by atoms with Crippen LogP contribution >= 0.6 is 0 Å². The van der Waals surface area contributed by atoms with Gasteiger partial charge < -0.3 is 0 Å². The summed E-state index contributed by atoms with van der Waals surface area (Å²) in [7, 11) is 0. The molecule has 1 spiro atoms. The van der Waals surface area contributed by atoms with Crippen LogP contribution in [-0.2, 0) is 10.2 Å². The molecule has 0 aliphatic heterocycles. The number of allylic oxidation sites excluding steroid dienone is 4. The molecule has 0 N–H and O–H groups in total. The van der Waals surface area contributed by atoms with Crippen molar-refractivity contribution in [1.82, 2.24) is 0 Å². The topological polar surface area (TPSA) is 17.1 Å². The Balaban J connectivity index is 1.85. The molecule has 0 bridgehead atoms. The second-order valence-electron chi connectivity index (χ2n) is 8.53. The number of carbonyl (C=O) groups is 1. The van der Waals surface area contributed by atoms with Gasteiger partial charge in [0.05, 0.1) is 5.41 Å². The van der Waals surface area contributed by atoms with Crippen LogP contribution in [0.15, 0.2) is 77.9 Å². The van der Waals surface area contributed by atoms with Crippen LogP contribution < -0.4 is 0 Å². The predicted octanol–water partition coefficient (Wildman–Crippen LogP) is 6.12. The van der Waals surface area contributed by atoms with E-state index >= 15 is 0 Å². The molecule has 5 rings (SSSR count). The first-order valence-corrected chi connectivity index (χ1v) is 10.2. The van der Waals surface area contributed by atoms with Gasteiger partial charge in [-0.1, -0.05) is 84.8 Å². The van der Waals surface area contributed by atoms with Gasteiger partial charge in [-0.2, -0.15) is 0 Å². The van der Waals surface area contributed by atoms with Crippen LogP contribution in [0.3, 0.4) is 0 Å². The normalized spacial score (nSPS) is 32.3. The summed E-state index contributed by atoms with van der Waals surface area (Å²) in [5.74, 6) is 0.574. The monoisotopic (exact) mass is 354 g/mol. The molecular formula is C26H26O. The number of hydrogen-bond acceptors (Lipinski definition) is 1. The minimum Gasteiger partial charge on any atom is -0.293 e. The molecular weight excluding hydrogens is 328 g/mol. The first-order valence-electron chi connectivity index (χ1n) is 10.2. The summed E-state index contributed by atoms with van der Waals surface area (Å²) in [5, 5.41) is 0. The minimum absolute atomic E-state index is 0.0461. The summed E-state index contributed by atoms with van der Waals surface area (Å²) in [6, 6.07) is 21.0. The van der Waals surface area contributed by atoms with E-state index in [9.17, 15) is 4.79 Å². The smallest absolute Gasteiger partial charge is 0.175 e. The van der Waals surface area contributed by atoms with E-state index in [1.807, 2.05) is 6.07 Å². The lowest BCUT2D eigenvalue weighted by Crippen LogP contribution is -2.53. The molecule has 2 aromatic rings. The Morgan fingerprint density at radius 1 is 0.963 bits per heavy atom. The molecule has 0 heterocycles. The van der Waals surface area contributed by atoms with Crippen molar-refractivity contribution in [3.63, 3.8) is 0 Å². The van der Waals surface area contributed by atoms with Crippen LogP contribution in [-0.4, -0.2) is 5.78 Å². The van der Waals surface area contributed by atoms with Crippen molar-refractivity contribution in [2.45, 2.75) is 44.9 Å². The van der Waals surface area contributed by atoms with Crippen molar-refractivity contribution >= 4 is 11.4 Å². The van der Waals surface area contributed by atoms with Gasteiger partial charge in [-0.05, 0) is 49.7 Å². The van der Waals surface area contributed by atoms with Crippen molar-refractivity contribution in [3.05, 3.63) is 89.0 Å². The molecule has 1 heteroatoms. The summed E-state index contributed by atoms with van der Waals surface area (Å²) in [4.78, 5) is 14.3. The first-order chi connectivity index (χ1) is 13.1. The van der Waals surface area contributed by atoms with E-state index in [1.54, 1.807) is 0 Å². The minimum atomic E-state index is -0.454. The molecule has 1 saturated carbocycles. The van der Waals surface area contributed by atoms with Gasteiger partial charge in [0.2, 0.25) is 0 Å². The molecule has 0 unspecified atom stereocenters. The Morgan fingerprint density at radius 2 is 1.63 bits per heavy atom. The van der Waals surface area contributed by atoms with Gasteiger partial charge in [0, 0.05) is 11.0 Å². The van der Waals surface area contributed by atoms with Crippen LogP contribution in [0.25, 0.3) is 5.57 Å². The van der Waals surface area contributed by atoms with Crippen molar-refractivity contribution in [1.29, 1.82) is 0 Å². The highest BCUT2D eigenvalue weighted by molar-refractivity contribution is 6.30. The van der Waals surface area contributed by atoms with Gasteiger partial charge in [0.25, 0.3) is 0 Å². The molecule has 136 valence electrons. The third-order valence-electron chi connectivity index (χ3n) is 7.65. The lowest BCUT2D eigenvalue weighted by Gasteiger charge is -2.51. The highest BCUT2D eigenvalue weighted by Crippen LogP contribution is 2.70. The lowest BCUT2D eigenvalue weighted by molar-refractivity contribution is -0.123. The molecule has 3 aliphatic carbocycles. The predicted molar refractivity (Wildman–Crippen MR) is 110 cm³/mol. The standard InChI is InChI=1S/C26H26O/c1-18-15-17-25-16-9-14-22(25)23(20-10-5-3-6-11-20)24(27)26(25,19(18)2)21-12-7-4-8-13-21/h3-8,10-13,15,19H,9,14,16-17H2,1-2H3/t19-,25-,26-/m0/s1.